The summed E-state index contributed by atoms with van der Waals surface area (Å²) in [6, 6.07) is 8.40. The van der Waals surface area contributed by atoms with E-state index in [1.807, 2.05) is 4.90 Å². The first kappa shape index (κ1) is 18.9. The van der Waals surface area contributed by atoms with Gasteiger partial charge in [-0.05, 0) is 42.5 Å². The average molecular weight is 373 g/mol. The molecule has 3 saturated heterocycles. The van der Waals surface area contributed by atoms with Crippen LogP contribution in [0.25, 0.3) is 0 Å². The Morgan fingerprint density at radius 1 is 1.15 bits per heavy atom. The highest BCUT2D eigenvalue weighted by molar-refractivity contribution is 6.00. The molecule has 2 N–H and O–H groups in total. The second-order valence-electron chi connectivity index (χ2n) is 8.75. The molecular formula is C21H32N4O2. The number of hydrogen-bond donors (Lipinski definition) is 1. The number of nitrogens with zero attached hydrogens (tertiary/aromatic N) is 3. The number of nitrogens with two attached hydrogens (primary N) is 1. The number of ether oxygens (including phenoxy) is 1. The van der Waals surface area contributed by atoms with E-state index in [1.54, 1.807) is 0 Å². The summed E-state index contributed by atoms with van der Waals surface area (Å²) in [6.07, 6.45) is 2.03. The molecule has 0 spiro atoms. The quantitative estimate of drug-likeness (QED) is 0.846. The van der Waals surface area contributed by atoms with Crippen LogP contribution in [0.2, 0.25) is 0 Å². The maximum Gasteiger partial charge on any atom is 0.247 e. The predicted molar refractivity (Wildman–Crippen MR) is 107 cm³/mol. The average Bonchev–Trinajstić information content (AvgIpc) is 3.21. The van der Waals surface area contributed by atoms with E-state index in [0.717, 1.165) is 57.9 Å². The van der Waals surface area contributed by atoms with E-state index in [2.05, 4.69) is 47.9 Å². The number of fused-ring (bicyclic) bond motifs is 1. The first-order valence-corrected chi connectivity index (χ1v) is 10.2. The van der Waals surface area contributed by atoms with Crippen molar-refractivity contribution >= 4 is 11.6 Å². The van der Waals surface area contributed by atoms with Gasteiger partial charge in [-0.1, -0.05) is 26.0 Å². The van der Waals surface area contributed by atoms with Crippen LogP contribution < -0.4 is 10.6 Å². The van der Waals surface area contributed by atoms with Gasteiger partial charge in [-0.15, -0.1) is 0 Å². The van der Waals surface area contributed by atoms with Crippen molar-refractivity contribution in [2.45, 2.75) is 44.2 Å². The molecule has 1 amide bonds. The van der Waals surface area contributed by atoms with Crippen LogP contribution in [-0.4, -0.2) is 73.9 Å². The van der Waals surface area contributed by atoms with E-state index < -0.39 is 0 Å². The van der Waals surface area contributed by atoms with Gasteiger partial charge in [0.2, 0.25) is 5.91 Å². The van der Waals surface area contributed by atoms with Crippen LogP contribution in [0.15, 0.2) is 24.3 Å². The van der Waals surface area contributed by atoms with E-state index >= 15 is 0 Å². The maximum atomic E-state index is 12.7. The van der Waals surface area contributed by atoms with Crippen molar-refractivity contribution in [3.05, 3.63) is 29.8 Å². The molecule has 3 heterocycles. The second kappa shape index (κ2) is 7.51. The van der Waals surface area contributed by atoms with Gasteiger partial charge in [0, 0.05) is 31.4 Å². The molecule has 0 unspecified atom stereocenters. The Morgan fingerprint density at radius 3 is 2.52 bits per heavy atom. The number of amides is 1. The number of rotatable bonds is 5. The van der Waals surface area contributed by atoms with E-state index in [1.165, 1.54) is 5.56 Å². The molecule has 148 valence electrons. The Labute approximate surface area is 162 Å². The molecule has 0 aliphatic carbocycles. The fourth-order valence-electron chi connectivity index (χ4n) is 4.50. The zero-order valence-corrected chi connectivity index (χ0v) is 16.6. The predicted octanol–water partition coefficient (Wildman–Crippen LogP) is 1.39. The van der Waals surface area contributed by atoms with Gasteiger partial charge in [0.25, 0.3) is 0 Å². The normalized spacial score (nSPS) is 27.4. The number of anilines is 1. The number of hydrogen-bond acceptors (Lipinski definition) is 5. The van der Waals surface area contributed by atoms with Gasteiger partial charge in [0.05, 0.1) is 19.9 Å². The van der Waals surface area contributed by atoms with Gasteiger partial charge in [0.1, 0.15) is 6.04 Å². The second-order valence-corrected chi connectivity index (χ2v) is 8.75. The highest BCUT2D eigenvalue weighted by Crippen LogP contribution is 2.32. The van der Waals surface area contributed by atoms with Gasteiger partial charge in [-0.2, -0.15) is 0 Å². The van der Waals surface area contributed by atoms with Gasteiger partial charge in [-0.3, -0.25) is 19.5 Å². The monoisotopic (exact) mass is 372 g/mol. The zero-order chi connectivity index (χ0) is 19.0. The van der Waals surface area contributed by atoms with E-state index in [0.29, 0.717) is 6.67 Å². The molecule has 0 aromatic heterocycles. The molecule has 3 aliphatic heterocycles. The lowest BCUT2D eigenvalue weighted by molar-refractivity contribution is -0.119. The molecule has 0 radical (unpaired) electrons. The lowest BCUT2D eigenvalue weighted by atomic mass is 9.81. The minimum absolute atomic E-state index is 0.0270. The van der Waals surface area contributed by atoms with Crippen LogP contribution in [0.4, 0.5) is 5.69 Å². The number of benzene rings is 1. The van der Waals surface area contributed by atoms with Crippen molar-refractivity contribution in [1.29, 1.82) is 0 Å². The summed E-state index contributed by atoms with van der Waals surface area (Å²) in [6.45, 7) is 11.0. The van der Waals surface area contributed by atoms with Crippen molar-refractivity contribution < 1.29 is 9.53 Å². The van der Waals surface area contributed by atoms with Crippen LogP contribution in [0.1, 0.15) is 32.3 Å². The van der Waals surface area contributed by atoms with Gasteiger partial charge in [0.15, 0.2) is 0 Å². The summed E-state index contributed by atoms with van der Waals surface area (Å²) in [7, 11) is 0. The third-order valence-corrected chi connectivity index (χ3v) is 6.51. The third kappa shape index (κ3) is 3.76. The summed E-state index contributed by atoms with van der Waals surface area (Å²) in [5.41, 5.74) is 8.53. The molecule has 6 nitrogen and oxygen atoms in total. The minimum Gasteiger partial charge on any atom is -0.379 e. The molecule has 2 atom stereocenters. The molecule has 6 heteroatoms. The lowest BCUT2D eigenvalue weighted by Crippen LogP contribution is -2.41. The molecule has 0 saturated carbocycles. The number of carbonyl (C=O) groups excluding carboxylic acids is 1. The van der Waals surface area contributed by atoms with Crippen molar-refractivity contribution in [3.8, 4) is 0 Å². The Morgan fingerprint density at radius 2 is 1.85 bits per heavy atom. The molecule has 4 rings (SSSR count). The highest BCUT2D eigenvalue weighted by atomic mass is 16.5. The fourth-order valence-corrected chi connectivity index (χ4v) is 4.50. The first-order chi connectivity index (χ1) is 13.0. The van der Waals surface area contributed by atoms with Crippen LogP contribution in [0.5, 0.6) is 0 Å². The van der Waals surface area contributed by atoms with Crippen LogP contribution in [0, 0.1) is 0 Å². The largest absolute Gasteiger partial charge is 0.379 e. The molecule has 0 bridgehead atoms. The molecule has 1 aromatic rings. The van der Waals surface area contributed by atoms with Crippen molar-refractivity contribution in [1.82, 2.24) is 9.80 Å². The minimum atomic E-state index is -0.130. The zero-order valence-electron chi connectivity index (χ0n) is 16.6. The maximum absolute atomic E-state index is 12.7. The summed E-state index contributed by atoms with van der Waals surface area (Å²) in [4.78, 5) is 19.3. The Kier molecular flexibility index (Phi) is 5.25. The molecule has 1 aromatic carbocycles. The number of morpholine rings is 1. The van der Waals surface area contributed by atoms with Crippen molar-refractivity contribution in [2.75, 3.05) is 51.0 Å². The third-order valence-electron chi connectivity index (χ3n) is 6.51. The highest BCUT2D eigenvalue weighted by Gasteiger charge is 2.46. The van der Waals surface area contributed by atoms with E-state index in [9.17, 15) is 4.79 Å². The topological polar surface area (TPSA) is 62.0 Å². The van der Waals surface area contributed by atoms with Crippen LogP contribution >= 0.6 is 0 Å². The summed E-state index contributed by atoms with van der Waals surface area (Å²) in [5, 5.41) is 0. The lowest BCUT2D eigenvalue weighted by Gasteiger charge is -2.32. The van der Waals surface area contributed by atoms with Gasteiger partial charge < -0.3 is 10.5 Å². The molecule has 3 aliphatic rings. The van der Waals surface area contributed by atoms with E-state index in [4.69, 9.17) is 10.5 Å². The first-order valence-electron chi connectivity index (χ1n) is 10.2. The molecule has 3 fully saturated rings. The van der Waals surface area contributed by atoms with Crippen molar-refractivity contribution in [2.24, 2.45) is 5.73 Å². The standard InChI is InChI=1S/C21H32N4O2/c1-21(2,8-10-23-11-13-27-14-12-23)16-3-5-17(6-4-16)25-15-24-9-7-18(22)19(24)20(25)26/h3-6,18-19H,7-15,22H2,1-2H3/t18-,19+/m1/s1. The Balaban J connectivity index is 1.40. The van der Waals surface area contributed by atoms with E-state index in [-0.39, 0.29) is 23.4 Å². The molecular weight excluding hydrogens is 340 g/mol. The van der Waals surface area contributed by atoms with Crippen LogP contribution in [-0.2, 0) is 14.9 Å². The Bertz CT molecular complexity index is 669. The smallest absolute Gasteiger partial charge is 0.247 e. The summed E-state index contributed by atoms with van der Waals surface area (Å²) < 4.78 is 5.44. The number of carbonyl (C=O) groups is 1. The van der Waals surface area contributed by atoms with Gasteiger partial charge in [-0.25, -0.2) is 0 Å². The van der Waals surface area contributed by atoms with Crippen molar-refractivity contribution in [3.63, 3.8) is 0 Å². The fraction of sp³-hybridized carbons (Fsp3) is 0.667. The van der Waals surface area contributed by atoms with Crippen LogP contribution in [0.3, 0.4) is 0 Å². The van der Waals surface area contributed by atoms with Gasteiger partial charge >= 0.3 is 0 Å². The molecule has 27 heavy (non-hydrogen) atoms. The summed E-state index contributed by atoms with van der Waals surface area (Å²) in [5.74, 6) is 0.152. The SMILES string of the molecule is CC(C)(CCN1CCOCC1)c1ccc(N2CN3CC[C@@H](N)[C@H]3C2=O)cc1. The Hall–Kier alpha value is -1.47. The summed E-state index contributed by atoms with van der Waals surface area (Å²) >= 11 is 0.